The van der Waals surface area contributed by atoms with Crippen LogP contribution in [0.3, 0.4) is 0 Å². The molecule has 1 aliphatic heterocycles. The third kappa shape index (κ3) is 2.49. The van der Waals surface area contributed by atoms with E-state index in [2.05, 4.69) is 15.3 Å². The highest BCUT2D eigenvalue weighted by Gasteiger charge is 2.17. The monoisotopic (exact) mass is 241 g/mol. The summed E-state index contributed by atoms with van der Waals surface area (Å²) < 4.78 is 5.04. The minimum Gasteiger partial charge on any atom is -0.489 e. The highest BCUT2D eigenvalue weighted by molar-refractivity contribution is 7.99. The Kier molecular flexibility index (Phi) is 3.71. The topological polar surface area (TPSA) is 67.0 Å². The summed E-state index contributed by atoms with van der Waals surface area (Å²) in [7, 11) is 1.48. The van der Waals surface area contributed by atoms with Gasteiger partial charge in [-0.05, 0) is 18.6 Å². The highest BCUT2D eigenvalue weighted by atomic mass is 32.2. The van der Waals surface area contributed by atoms with Gasteiger partial charge in [-0.2, -0.15) is 11.8 Å². The number of H-pyrrole nitrogens is 1. The first kappa shape index (κ1) is 11.3. The Morgan fingerprint density at radius 3 is 3.25 bits per heavy atom. The van der Waals surface area contributed by atoms with Gasteiger partial charge in [0.25, 0.3) is 5.56 Å². The number of thioether (sulfide) groups is 1. The second-order valence-electron chi connectivity index (χ2n) is 3.67. The number of rotatable bonds is 3. The molecule has 0 radical (unpaired) electrons. The molecule has 5 nitrogen and oxygen atoms in total. The van der Waals surface area contributed by atoms with Gasteiger partial charge in [-0.3, -0.25) is 4.79 Å². The lowest BCUT2D eigenvalue weighted by atomic mass is 10.2. The molecule has 1 fully saturated rings. The zero-order chi connectivity index (χ0) is 11.4. The van der Waals surface area contributed by atoms with Crippen molar-refractivity contribution in [3.05, 3.63) is 16.7 Å². The van der Waals surface area contributed by atoms with Gasteiger partial charge < -0.3 is 15.0 Å². The molecule has 1 atom stereocenters. The predicted molar refractivity (Wildman–Crippen MR) is 65.4 cm³/mol. The van der Waals surface area contributed by atoms with Crippen LogP contribution in [0.25, 0.3) is 0 Å². The van der Waals surface area contributed by atoms with Crippen LogP contribution in [0.5, 0.6) is 5.75 Å². The van der Waals surface area contributed by atoms with E-state index in [0.29, 0.717) is 11.9 Å². The lowest BCUT2D eigenvalue weighted by Crippen LogP contribution is -2.27. The maximum Gasteiger partial charge on any atom is 0.295 e. The fourth-order valence-corrected chi connectivity index (χ4v) is 2.80. The van der Waals surface area contributed by atoms with Gasteiger partial charge in [0.05, 0.1) is 13.4 Å². The number of aromatic nitrogens is 2. The summed E-state index contributed by atoms with van der Waals surface area (Å²) in [5, 5.41) is 3.26. The first-order chi connectivity index (χ1) is 7.81. The van der Waals surface area contributed by atoms with Crippen LogP contribution >= 0.6 is 11.8 Å². The van der Waals surface area contributed by atoms with Crippen molar-refractivity contribution >= 4 is 17.6 Å². The quantitative estimate of drug-likeness (QED) is 0.829. The summed E-state index contributed by atoms with van der Waals surface area (Å²) in [5.74, 6) is 3.08. The Balaban J connectivity index is 2.13. The number of hydrogen-bond donors (Lipinski definition) is 2. The van der Waals surface area contributed by atoms with Gasteiger partial charge >= 0.3 is 0 Å². The van der Waals surface area contributed by atoms with E-state index >= 15 is 0 Å². The summed E-state index contributed by atoms with van der Waals surface area (Å²) in [4.78, 5) is 18.0. The molecule has 1 unspecified atom stereocenters. The third-order valence-electron chi connectivity index (χ3n) is 2.52. The lowest BCUT2D eigenvalue weighted by Gasteiger charge is -2.23. The van der Waals surface area contributed by atoms with Gasteiger partial charge in [0.1, 0.15) is 0 Å². The maximum absolute atomic E-state index is 11.4. The van der Waals surface area contributed by atoms with Crippen LogP contribution in [-0.4, -0.2) is 34.6 Å². The van der Waals surface area contributed by atoms with Crippen LogP contribution in [0.4, 0.5) is 5.82 Å². The van der Waals surface area contributed by atoms with Crippen LogP contribution in [0.1, 0.15) is 12.8 Å². The van der Waals surface area contributed by atoms with E-state index in [4.69, 9.17) is 4.74 Å². The van der Waals surface area contributed by atoms with E-state index in [1.54, 1.807) is 0 Å². The molecule has 2 N–H and O–H groups in total. The van der Waals surface area contributed by atoms with Crippen molar-refractivity contribution in [3.63, 3.8) is 0 Å². The molecule has 88 valence electrons. The number of nitrogens with one attached hydrogen (secondary N) is 2. The van der Waals surface area contributed by atoms with Crippen molar-refractivity contribution in [3.8, 4) is 5.75 Å². The van der Waals surface area contributed by atoms with Crippen LogP contribution in [0.2, 0.25) is 0 Å². The fourth-order valence-electron chi connectivity index (χ4n) is 1.73. The van der Waals surface area contributed by atoms with Crippen molar-refractivity contribution in [2.24, 2.45) is 0 Å². The molecular weight excluding hydrogens is 226 g/mol. The molecule has 16 heavy (non-hydrogen) atoms. The zero-order valence-corrected chi connectivity index (χ0v) is 9.97. The van der Waals surface area contributed by atoms with Gasteiger partial charge in [-0.1, -0.05) is 0 Å². The van der Waals surface area contributed by atoms with E-state index in [9.17, 15) is 4.79 Å². The van der Waals surface area contributed by atoms with Crippen LogP contribution in [0, 0.1) is 0 Å². The number of ether oxygens (including phenoxy) is 1. The standard InChI is InChI=1S/C10H15N3O2S/c1-15-8-9(11-6-12-10(8)14)13-7-3-2-4-16-5-7/h6-7H,2-5H2,1H3,(H2,11,12,13,14). The molecule has 2 rings (SSSR count). The lowest BCUT2D eigenvalue weighted by molar-refractivity contribution is 0.407. The van der Waals surface area contributed by atoms with E-state index < -0.39 is 0 Å². The van der Waals surface area contributed by atoms with Gasteiger partial charge in [0.2, 0.25) is 5.75 Å². The molecule has 1 aromatic heterocycles. The molecule has 0 saturated carbocycles. The molecule has 0 aliphatic carbocycles. The first-order valence-corrected chi connectivity index (χ1v) is 6.42. The van der Waals surface area contributed by atoms with Crippen LogP contribution in [0.15, 0.2) is 11.1 Å². The summed E-state index contributed by atoms with van der Waals surface area (Å²) in [6.07, 6.45) is 3.71. The molecule has 0 aromatic carbocycles. The molecule has 6 heteroatoms. The average Bonchev–Trinajstić information content (AvgIpc) is 2.31. The van der Waals surface area contributed by atoms with E-state index in [-0.39, 0.29) is 11.3 Å². The Morgan fingerprint density at radius 2 is 2.56 bits per heavy atom. The Hall–Kier alpha value is -1.17. The van der Waals surface area contributed by atoms with Crippen molar-refractivity contribution in [1.82, 2.24) is 9.97 Å². The number of aromatic amines is 1. The van der Waals surface area contributed by atoms with Crippen LogP contribution < -0.4 is 15.6 Å². The van der Waals surface area contributed by atoms with Gasteiger partial charge in [-0.15, -0.1) is 0 Å². The molecule has 0 spiro atoms. The Morgan fingerprint density at radius 1 is 1.69 bits per heavy atom. The molecule has 0 amide bonds. The number of anilines is 1. The predicted octanol–water partition coefficient (Wildman–Crippen LogP) is 1.09. The normalized spacial score (nSPS) is 20.4. The van der Waals surface area contributed by atoms with Crippen molar-refractivity contribution in [2.75, 3.05) is 23.9 Å². The van der Waals surface area contributed by atoms with E-state index in [1.165, 1.54) is 25.6 Å². The summed E-state index contributed by atoms with van der Waals surface area (Å²) >= 11 is 1.92. The maximum atomic E-state index is 11.4. The first-order valence-electron chi connectivity index (χ1n) is 5.27. The van der Waals surface area contributed by atoms with Gasteiger partial charge in [0, 0.05) is 11.8 Å². The third-order valence-corrected chi connectivity index (χ3v) is 3.73. The molecule has 1 aromatic rings. The average molecular weight is 241 g/mol. The second-order valence-corrected chi connectivity index (χ2v) is 4.82. The minimum absolute atomic E-state index is 0.247. The SMILES string of the molecule is COc1c(NC2CCCSC2)nc[nH]c1=O. The number of hydrogen-bond acceptors (Lipinski definition) is 5. The van der Waals surface area contributed by atoms with Crippen molar-refractivity contribution in [2.45, 2.75) is 18.9 Å². The molecular formula is C10H15N3O2S. The van der Waals surface area contributed by atoms with Crippen molar-refractivity contribution < 1.29 is 4.74 Å². The minimum atomic E-state index is -0.247. The smallest absolute Gasteiger partial charge is 0.295 e. The molecule has 0 bridgehead atoms. The molecule has 1 saturated heterocycles. The zero-order valence-electron chi connectivity index (χ0n) is 9.16. The second kappa shape index (κ2) is 5.25. The summed E-state index contributed by atoms with van der Waals surface area (Å²) in [6, 6.07) is 0.377. The largest absolute Gasteiger partial charge is 0.489 e. The molecule has 1 aliphatic rings. The van der Waals surface area contributed by atoms with Gasteiger partial charge in [0.15, 0.2) is 5.82 Å². The van der Waals surface area contributed by atoms with E-state index in [1.807, 2.05) is 11.8 Å². The van der Waals surface area contributed by atoms with Gasteiger partial charge in [-0.25, -0.2) is 4.98 Å². The van der Waals surface area contributed by atoms with E-state index in [0.717, 1.165) is 12.2 Å². The van der Waals surface area contributed by atoms with Crippen LogP contribution in [-0.2, 0) is 0 Å². The number of methoxy groups -OCH3 is 1. The molecule has 2 heterocycles. The fraction of sp³-hybridized carbons (Fsp3) is 0.600. The summed E-state index contributed by atoms with van der Waals surface area (Å²) in [5.41, 5.74) is -0.247. The summed E-state index contributed by atoms with van der Waals surface area (Å²) in [6.45, 7) is 0. The Labute approximate surface area is 98.0 Å². The highest BCUT2D eigenvalue weighted by Crippen LogP contribution is 2.22. The Bertz CT molecular complexity index is 401. The van der Waals surface area contributed by atoms with Crippen molar-refractivity contribution in [1.29, 1.82) is 0 Å². The number of nitrogens with zero attached hydrogens (tertiary/aromatic N) is 1.